The monoisotopic (exact) mass is 354 g/mol. The molecule has 3 heterocycles. The van der Waals surface area contributed by atoms with Crippen LogP contribution in [0.15, 0.2) is 24.3 Å². The second kappa shape index (κ2) is 6.92. The number of phenolic OH excluding ortho intramolecular Hbond substituents is 1. The number of phenols is 1. The summed E-state index contributed by atoms with van der Waals surface area (Å²) in [5, 5.41) is 9.88. The SMILES string of the molecule is CCC(=O)N1CCc2c(-c3cccc(O)c3)nc(N3CCOCC3)nc21. The van der Waals surface area contributed by atoms with Gasteiger partial charge in [0.05, 0.1) is 18.9 Å². The maximum atomic E-state index is 12.4. The lowest BCUT2D eigenvalue weighted by molar-refractivity contribution is -0.118. The van der Waals surface area contributed by atoms with Crippen LogP contribution in [0.3, 0.4) is 0 Å². The highest BCUT2D eigenvalue weighted by atomic mass is 16.5. The van der Waals surface area contributed by atoms with E-state index in [0.29, 0.717) is 37.9 Å². The molecule has 7 heteroatoms. The molecule has 0 bridgehead atoms. The number of anilines is 2. The van der Waals surface area contributed by atoms with E-state index in [-0.39, 0.29) is 11.7 Å². The zero-order valence-corrected chi connectivity index (χ0v) is 14.8. The number of carbonyl (C=O) groups is 1. The highest BCUT2D eigenvalue weighted by Gasteiger charge is 2.30. The second-order valence-corrected chi connectivity index (χ2v) is 6.47. The number of morpholine rings is 1. The maximum absolute atomic E-state index is 12.4. The number of aromatic hydroxyl groups is 1. The molecule has 1 amide bonds. The summed E-state index contributed by atoms with van der Waals surface area (Å²) in [4.78, 5) is 25.7. The summed E-state index contributed by atoms with van der Waals surface area (Å²) in [7, 11) is 0. The summed E-state index contributed by atoms with van der Waals surface area (Å²) < 4.78 is 5.43. The van der Waals surface area contributed by atoms with Gasteiger partial charge in [0.15, 0.2) is 0 Å². The van der Waals surface area contributed by atoms with Crippen molar-refractivity contribution in [2.24, 2.45) is 0 Å². The van der Waals surface area contributed by atoms with Gasteiger partial charge in [0.25, 0.3) is 0 Å². The second-order valence-electron chi connectivity index (χ2n) is 6.47. The van der Waals surface area contributed by atoms with Crippen LogP contribution in [0, 0.1) is 0 Å². The number of amides is 1. The number of rotatable bonds is 3. The van der Waals surface area contributed by atoms with Gasteiger partial charge >= 0.3 is 0 Å². The van der Waals surface area contributed by atoms with Crippen molar-refractivity contribution in [1.82, 2.24) is 9.97 Å². The third-order valence-corrected chi connectivity index (χ3v) is 4.83. The van der Waals surface area contributed by atoms with Gasteiger partial charge in [0, 0.05) is 37.2 Å². The van der Waals surface area contributed by atoms with Crippen LogP contribution in [0.2, 0.25) is 0 Å². The van der Waals surface area contributed by atoms with Crippen molar-refractivity contribution >= 4 is 17.7 Å². The van der Waals surface area contributed by atoms with Crippen molar-refractivity contribution in [3.63, 3.8) is 0 Å². The van der Waals surface area contributed by atoms with E-state index in [1.54, 1.807) is 23.1 Å². The Kier molecular flexibility index (Phi) is 4.46. The van der Waals surface area contributed by atoms with Crippen LogP contribution in [0.25, 0.3) is 11.3 Å². The number of hydrogen-bond acceptors (Lipinski definition) is 6. The first kappa shape index (κ1) is 16.8. The van der Waals surface area contributed by atoms with E-state index in [1.807, 2.05) is 13.0 Å². The third kappa shape index (κ3) is 2.99. The molecule has 1 aromatic heterocycles. The molecule has 7 nitrogen and oxygen atoms in total. The largest absolute Gasteiger partial charge is 0.508 e. The Bertz CT molecular complexity index is 834. The molecule has 26 heavy (non-hydrogen) atoms. The molecule has 0 spiro atoms. The first-order valence-electron chi connectivity index (χ1n) is 9.00. The first-order chi connectivity index (χ1) is 12.7. The van der Waals surface area contributed by atoms with E-state index < -0.39 is 0 Å². The van der Waals surface area contributed by atoms with Crippen LogP contribution < -0.4 is 9.80 Å². The molecule has 0 atom stereocenters. The molecule has 2 aromatic rings. The van der Waals surface area contributed by atoms with Crippen LogP contribution in [-0.4, -0.2) is 53.8 Å². The van der Waals surface area contributed by atoms with Crippen molar-refractivity contribution in [1.29, 1.82) is 0 Å². The van der Waals surface area contributed by atoms with Gasteiger partial charge in [-0.05, 0) is 18.6 Å². The molecular weight excluding hydrogens is 332 g/mol. The van der Waals surface area contributed by atoms with E-state index in [9.17, 15) is 9.90 Å². The van der Waals surface area contributed by atoms with E-state index in [2.05, 4.69) is 4.90 Å². The molecule has 0 saturated carbocycles. The summed E-state index contributed by atoms with van der Waals surface area (Å²) >= 11 is 0. The molecule has 136 valence electrons. The van der Waals surface area contributed by atoms with Crippen molar-refractivity contribution in [3.8, 4) is 17.0 Å². The number of ether oxygens (including phenoxy) is 1. The number of fused-ring (bicyclic) bond motifs is 1. The Morgan fingerprint density at radius 1 is 1.23 bits per heavy atom. The fraction of sp³-hybridized carbons (Fsp3) is 0.421. The van der Waals surface area contributed by atoms with Crippen LogP contribution in [0.5, 0.6) is 5.75 Å². The molecule has 2 aliphatic heterocycles. The highest BCUT2D eigenvalue weighted by molar-refractivity contribution is 5.95. The molecule has 0 radical (unpaired) electrons. The Balaban J connectivity index is 1.84. The number of benzene rings is 1. The van der Waals surface area contributed by atoms with Gasteiger partial charge in [-0.2, -0.15) is 4.98 Å². The van der Waals surface area contributed by atoms with Crippen LogP contribution >= 0.6 is 0 Å². The fourth-order valence-corrected chi connectivity index (χ4v) is 3.47. The summed E-state index contributed by atoms with van der Waals surface area (Å²) in [6, 6.07) is 7.07. The summed E-state index contributed by atoms with van der Waals surface area (Å²) in [6.07, 6.45) is 1.16. The standard InChI is InChI=1S/C19H22N4O3/c1-2-16(25)23-7-6-15-17(13-4-3-5-14(24)12-13)20-19(21-18(15)23)22-8-10-26-11-9-22/h3-5,12,24H,2,6-11H2,1H3. The Morgan fingerprint density at radius 2 is 2.04 bits per heavy atom. The Hall–Kier alpha value is -2.67. The van der Waals surface area contributed by atoms with Crippen molar-refractivity contribution in [3.05, 3.63) is 29.8 Å². The fourth-order valence-electron chi connectivity index (χ4n) is 3.47. The van der Waals surface area contributed by atoms with E-state index in [1.165, 1.54) is 0 Å². The summed E-state index contributed by atoms with van der Waals surface area (Å²) in [5.74, 6) is 1.58. The Morgan fingerprint density at radius 3 is 2.77 bits per heavy atom. The van der Waals surface area contributed by atoms with Gasteiger partial charge in [0.1, 0.15) is 11.6 Å². The van der Waals surface area contributed by atoms with Gasteiger partial charge < -0.3 is 14.7 Å². The summed E-state index contributed by atoms with van der Waals surface area (Å²) in [6.45, 7) is 5.20. The molecule has 4 rings (SSSR count). The average Bonchev–Trinajstić information content (AvgIpc) is 3.11. The van der Waals surface area contributed by atoms with E-state index in [4.69, 9.17) is 14.7 Å². The molecule has 1 aromatic carbocycles. The minimum absolute atomic E-state index is 0.0669. The molecule has 1 saturated heterocycles. The third-order valence-electron chi connectivity index (χ3n) is 4.83. The molecule has 0 unspecified atom stereocenters. The lowest BCUT2D eigenvalue weighted by Crippen LogP contribution is -2.38. The molecule has 1 fully saturated rings. The predicted molar refractivity (Wildman–Crippen MR) is 98.5 cm³/mol. The topological polar surface area (TPSA) is 78.8 Å². The zero-order chi connectivity index (χ0) is 18.1. The first-order valence-corrected chi connectivity index (χ1v) is 9.00. The van der Waals surface area contributed by atoms with Crippen LogP contribution in [0.1, 0.15) is 18.9 Å². The lowest BCUT2D eigenvalue weighted by atomic mass is 10.1. The minimum Gasteiger partial charge on any atom is -0.508 e. The van der Waals surface area contributed by atoms with Crippen LogP contribution in [-0.2, 0) is 16.0 Å². The molecular formula is C19H22N4O3. The molecule has 2 aliphatic rings. The number of aromatic nitrogens is 2. The van der Waals surface area contributed by atoms with Gasteiger partial charge in [0.2, 0.25) is 11.9 Å². The Labute approximate surface area is 152 Å². The van der Waals surface area contributed by atoms with E-state index >= 15 is 0 Å². The van der Waals surface area contributed by atoms with Crippen molar-refractivity contribution in [2.45, 2.75) is 19.8 Å². The van der Waals surface area contributed by atoms with Gasteiger partial charge in [-0.1, -0.05) is 19.1 Å². The predicted octanol–water partition coefficient (Wildman–Crippen LogP) is 1.98. The van der Waals surface area contributed by atoms with Gasteiger partial charge in [-0.25, -0.2) is 4.98 Å². The quantitative estimate of drug-likeness (QED) is 0.908. The van der Waals surface area contributed by atoms with Crippen molar-refractivity contribution < 1.29 is 14.6 Å². The maximum Gasteiger partial charge on any atom is 0.228 e. The average molecular weight is 354 g/mol. The smallest absolute Gasteiger partial charge is 0.228 e. The van der Waals surface area contributed by atoms with Gasteiger partial charge in [-0.15, -0.1) is 0 Å². The normalized spacial score (nSPS) is 16.7. The highest BCUT2D eigenvalue weighted by Crippen LogP contribution is 2.36. The van der Waals surface area contributed by atoms with Gasteiger partial charge in [-0.3, -0.25) is 9.69 Å². The van der Waals surface area contributed by atoms with Crippen LogP contribution in [0.4, 0.5) is 11.8 Å². The number of nitrogens with zero attached hydrogens (tertiary/aromatic N) is 4. The van der Waals surface area contributed by atoms with E-state index in [0.717, 1.165) is 36.3 Å². The van der Waals surface area contributed by atoms with Crippen molar-refractivity contribution in [2.75, 3.05) is 42.6 Å². The minimum atomic E-state index is 0.0669. The molecule has 0 aliphatic carbocycles. The number of hydrogen-bond donors (Lipinski definition) is 1. The molecule has 1 N–H and O–H groups in total. The number of carbonyl (C=O) groups excluding carboxylic acids is 1. The summed E-state index contributed by atoms with van der Waals surface area (Å²) in [5.41, 5.74) is 2.59. The zero-order valence-electron chi connectivity index (χ0n) is 14.8. The lowest BCUT2D eigenvalue weighted by Gasteiger charge is -2.28.